The van der Waals surface area contributed by atoms with Gasteiger partial charge in [-0.05, 0) is 43.7 Å². The van der Waals surface area contributed by atoms with Gasteiger partial charge >= 0.3 is 0 Å². The molecule has 0 heterocycles. The number of ether oxygens (including phenoxy) is 1. The van der Waals surface area contributed by atoms with Crippen molar-refractivity contribution in [3.63, 3.8) is 0 Å². The molecule has 1 fully saturated rings. The number of benzene rings is 1. The lowest BCUT2D eigenvalue weighted by atomic mass is 9.78. The average Bonchev–Trinajstić information content (AvgIpc) is 2.41. The first kappa shape index (κ1) is 15.4. The molecule has 20 heavy (non-hydrogen) atoms. The third-order valence-electron chi connectivity index (χ3n) is 4.80. The smallest absolute Gasteiger partial charge is 0.122 e. The summed E-state index contributed by atoms with van der Waals surface area (Å²) in [5, 5.41) is 3.68. The molecule has 1 N–H and O–H groups in total. The van der Waals surface area contributed by atoms with Crippen LogP contribution in [0.1, 0.15) is 44.2 Å². The number of rotatable bonds is 5. The molecule has 2 rings (SSSR count). The van der Waals surface area contributed by atoms with E-state index >= 15 is 0 Å². The van der Waals surface area contributed by atoms with Crippen molar-refractivity contribution in [2.45, 2.75) is 53.0 Å². The van der Waals surface area contributed by atoms with Crippen LogP contribution in [0, 0.1) is 25.7 Å². The Kier molecular flexibility index (Phi) is 5.47. The molecule has 2 nitrogen and oxygen atoms in total. The van der Waals surface area contributed by atoms with Crippen molar-refractivity contribution in [2.75, 3.05) is 13.2 Å². The zero-order valence-electron chi connectivity index (χ0n) is 13.4. The van der Waals surface area contributed by atoms with Crippen LogP contribution in [-0.2, 0) is 0 Å². The Morgan fingerprint density at radius 1 is 1.20 bits per heavy atom. The minimum atomic E-state index is 0.668. The third kappa shape index (κ3) is 3.99. The van der Waals surface area contributed by atoms with E-state index < -0.39 is 0 Å². The Bertz CT molecular complexity index is 429. The van der Waals surface area contributed by atoms with Gasteiger partial charge in [-0.2, -0.15) is 0 Å². The molecular formula is C18H29NO. The molecule has 0 bridgehead atoms. The highest BCUT2D eigenvalue weighted by Crippen LogP contribution is 2.29. The van der Waals surface area contributed by atoms with E-state index in [-0.39, 0.29) is 0 Å². The van der Waals surface area contributed by atoms with E-state index in [9.17, 15) is 0 Å². The van der Waals surface area contributed by atoms with Gasteiger partial charge in [-0.25, -0.2) is 0 Å². The average molecular weight is 275 g/mol. The van der Waals surface area contributed by atoms with Crippen molar-refractivity contribution >= 4 is 0 Å². The van der Waals surface area contributed by atoms with Crippen molar-refractivity contribution in [1.29, 1.82) is 0 Å². The molecule has 0 unspecified atom stereocenters. The molecule has 112 valence electrons. The largest absolute Gasteiger partial charge is 0.492 e. The first-order valence-electron chi connectivity index (χ1n) is 8.01. The molecule has 1 aromatic carbocycles. The monoisotopic (exact) mass is 275 g/mol. The molecule has 0 saturated heterocycles. The summed E-state index contributed by atoms with van der Waals surface area (Å²) < 4.78 is 5.88. The van der Waals surface area contributed by atoms with E-state index in [1.165, 1.54) is 30.4 Å². The lowest BCUT2D eigenvalue weighted by Gasteiger charge is -2.34. The van der Waals surface area contributed by atoms with Crippen LogP contribution in [0.2, 0.25) is 0 Å². The van der Waals surface area contributed by atoms with E-state index in [0.717, 1.165) is 30.7 Å². The van der Waals surface area contributed by atoms with Crippen molar-refractivity contribution in [2.24, 2.45) is 11.8 Å². The van der Waals surface area contributed by atoms with Crippen molar-refractivity contribution in [1.82, 2.24) is 5.32 Å². The highest BCUT2D eigenvalue weighted by atomic mass is 16.5. The Morgan fingerprint density at radius 2 is 2.00 bits per heavy atom. The molecule has 0 aliphatic heterocycles. The quantitative estimate of drug-likeness (QED) is 0.817. The van der Waals surface area contributed by atoms with E-state index in [1.54, 1.807) is 0 Å². The van der Waals surface area contributed by atoms with Crippen molar-refractivity contribution in [3.05, 3.63) is 29.3 Å². The number of hydrogen-bond donors (Lipinski definition) is 1. The summed E-state index contributed by atoms with van der Waals surface area (Å²) in [6.45, 7) is 10.7. The van der Waals surface area contributed by atoms with Crippen LogP contribution in [0.15, 0.2) is 18.2 Å². The number of aryl methyl sites for hydroxylation is 2. The zero-order chi connectivity index (χ0) is 14.5. The van der Waals surface area contributed by atoms with Crippen LogP contribution >= 0.6 is 0 Å². The Labute approximate surface area is 123 Å². The van der Waals surface area contributed by atoms with Gasteiger partial charge in [-0.15, -0.1) is 0 Å². The number of hydrogen-bond acceptors (Lipinski definition) is 2. The normalized spacial score (nSPS) is 26.5. The summed E-state index contributed by atoms with van der Waals surface area (Å²) in [7, 11) is 0. The summed E-state index contributed by atoms with van der Waals surface area (Å²) in [4.78, 5) is 0. The van der Waals surface area contributed by atoms with Gasteiger partial charge in [0.2, 0.25) is 0 Å². The minimum absolute atomic E-state index is 0.668. The Hall–Kier alpha value is -1.02. The number of nitrogens with one attached hydrogen (secondary N) is 1. The van der Waals surface area contributed by atoms with Crippen LogP contribution in [0.3, 0.4) is 0 Å². The maximum Gasteiger partial charge on any atom is 0.122 e. The van der Waals surface area contributed by atoms with Crippen LogP contribution in [0.4, 0.5) is 0 Å². The predicted molar refractivity (Wildman–Crippen MR) is 85.4 cm³/mol. The maximum absolute atomic E-state index is 5.88. The second kappa shape index (κ2) is 7.12. The van der Waals surface area contributed by atoms with Gasteiger partial charge < -0.3 is 10.1 Å². The fourth-order valence-corrected chi connectivity index (χ4v) is 3.24. The Balaban J connectivity index is 1.73. The molecular weight excluding hydrogens is 246 g/mol. The highest BCUT2D eigenvalue weighted by Gasteiger charge is 2.26. The van der Waals surface area contributed by atoms with Gasteiger partial charge in [0.1, 0.15) is 12.4 Å². The second-order valence-electron chi connectivity index (χ2n) is 6.45. The van der Waals surface area contributed by atoms with Gasteiger partial charge in [0.15, 0.2) is 0 Å². The molecule has 1 saturated carbocycles. The van der Waals surface area contributed by atoms with E-state index in [0.29, 0.717) is 6.04 Å². The van der Waals surface area contributed by atoms with Crippen LogP contribution in [0.25, 0.3) is 0 Å². The lowest BCUT2D eigenvalue weighted by molar-refractivity contribution is 0.197. The molecule has 1 aliphatic rings. The van der Waals surface area contributed by atoms with E-state index in [4.69, 9.17) is 4.74 Å². The molecule has 1 aromatic rings. The SMILES string of the molecule is Cc1ccc(OCCN[C@H]2CCC[C@@H](C)[C@H]2C)c(C)c1. The second-order valence-corrected chi connectivity index (χ2v) is 6.45. The highest BCUT2D eigenvalue weighted by molar-refractivity contribution is 5.35. The van der Waals surface area contributed by atoms with Crippen molar-refractivity contribution in [3.8, 4) is 5.75 Å². The van der Waals surface area contributed by atoms with Gasteiger partial charge in [-0.1, -0.05) is 44.4 Å². The van der Waals surface area contributed by atoms with Crippen LogP contribution in [-0.4, -0.2) is 19.2 Å². The van der Waals surface area contributed by atoms with Gasteiger partial charge in [0.05, 0.1) is 0 Å². The van der Waals surface area contributed by atoms with Gasteiger partial charge in [-0.3, -0.25) is 0 Å². The maximum atomic E-state index is 5.88. The fraction of sp³-hybridized carbons (Fsp3) is 0.667. The van der Waals surface area contributed by atoms with Gasteiger partial charge in [0.25, 0.3) is 0 Å². The standard InChI is InChI=1S/C18H29NO/c1-13-8-9-18(15(3)12-13)20-11-10-19-17-7-5-6-14(2)16(17)4/h8-9,12,14,16-17,19H,5-7,10-11H2,1-4H3/t14-,16-,17+/m1/s1. The molecule has 0 spiro atoms. The topological polar surface area (TPSA) is 21.3 Å². The third-order valence-corrected chi connectivity index (χ3v) is 4.80. The predicted octanol–water partition coefficient (Wildman–Crippen LogP) is 4.10. The summed E-state index contributed by atoms with van der Waals surface area (Å²) in [5.74, 6) is 2.65. The molecule has 1 aliphatic carbocycles. The lowest BCUT2D eigenvalue weighted by Crippen LogP contribution is -2.42. The summed E-state index contributed by atoms with van der Waals surface area (Å²) in [5.41, 5.74) is 2.52. The van der Waals surface area contributed by atoms with Crippen molar-refractivity contribution < 1.29 is 4.74 Å². The molecule has 0 aromatic heterocycles. The van der Waals surface area contributed by atoms with Crippen LogP contribution in [0.5, 0.6) is 5.75 Å². The Morgan fingerprint density at radius 3 is 2.75 bits per heavy atom. The van der Waals surface area contributed by atoms with Crippen LogP contribution < -0.4 is 10.1 Å². The summed E-state index contributed by atoms with van der Waals surface area (Å²) in [6.07, 6.45) is 4.06. The van der Waals surface area contributed by atoms with Gasteiger partial charge in [0, 0.05) is 12.6 Å². The van der Waals surface area contributed by atoms with E-state index in [2.05, 4.69) is 51.2 Å². The summed E-state index contributed by atoms with van der Waals surface area (Å²) in [6, 6.07) is 7.03. The molecule has 3 atom stereocenters. The fourth-order valence-electron chi connectivity index (χ4n) is 3.24. The molecule has 0 radical (unpaired) electrons. The summed E-state index contributed by atoms with van der Waals surface area (Å²) >= 11 is 0. The van der Waals surface area contributed by atoms with E-state index in [1.807, 2.05) is 0 Å². The first-order chi connectivity index (χ1) is 9.58. The molecule has 2 heteroatoms. The minimum Gasteiger partial charge on any atom is -0.492 e. The first-order valence-corrected chi connectivity index (χ1v) is 8.01. The molecule has 0 amide bonds. The zero-order valence-corrected chi connectivity index (χ0v) is 13.4.